The SMILES string of the molecule is Cc1cccc(N2CCN(c3ccc(NC(=O)c4ccc(F)cc4)cn3)CC2)c1. The van der Waals surface area contributed by atoms with Crippen molar-refractivity contribution in [1.82, 2.24) is 4.98 Å². The van der Waals surface area contributed by atoms with Gasteiger partial charge in [-0.2, -0.15) is 0 Å². The van der Waals surface area contributed by atoms with Crippen LogP contribution in [0.15, 0.2) is 66.9 Å². The van der Waals surface area contributed by atoms with Gasteiger partial charge in [-0.1, -0.05) is 12.1 Å². The fourth-order valence-corrected chi connectivity index (χ4v) is 3.47. The molecule has 0 atom stereocenters. The van der Waals surface area contributed by atoms with E-state index in [1.165, 1.54) is 35.5 Å². The molecule has 29 heavy (non-hydrogen) atoms. The van der Waals surface area contributed by atoms with Crippen molar-refractivity contribution >= 4 is 23.1 Å². The lowest BCUT2D eigenvalue weighted by Gasteiger charge is -2.36. The van der Waals surface area contributed by atoms with Gasteiger partial charge in [-0.05, 0) is 61.0 Å². The van der Waals surface area contributed by atoms with Crippen LogP contribution in [0.4, 0.5) is 21.6 Å². The number of halogens is 1. The van der Waals surface area contributed by atoms with Crippen LogP contribution in [-0.4, -0.2) is 37.1 Å². The summed E-state index contributed by atoms with van der Waals surface area (Å²) in [5.74, 6) is 0.245. The minimum atomic E-state index is -0.366. The minimum absolute atomic E-state index is 0.286. The Hall–Kier alpha value is -3.41. The zero-order chi connectivity index (χ0) is 20.2. The predicted octanol–water partition coefficient (Wildman–Crippen LogP) is 4.11. The number of nitrogens with zero attached hydrogens (tertiary/aromatic N) is 3. The van der Waals surface area contributed by atoms with Crippen LogP contribution in [0, 0.1) is 12.7 Å². The van der Waals surface area contributed by atoms with E-state index in [9.17, 15) is 9.18 Å². The van der Waals surface area contributed by atoms with Crippen LogP contribution in [0.5, 0.6) is 0 Å². The molecule has 0 unspecified atom stereocenters. The van der Waals surface area contributed by atoms with Crippen LogP contribution in [0.1, 0.15) is 15.9 Å². The summed E-state index contributed by atoms with van der Waals surface area (Å²) in [6.07, 6.45) is 1.66. The van der Waals surface area contributed by atoms with Crippen molar-refractivity contribution in [2.75, 3.05) is 41.3 Å². The monoisotopic (exact) mass is 390 g/mol. The number of carbonyl (C=O) groups excluding carboxylic acids is 1. The molecule has 1 fully saturated rings. The molecular weight excluding hydrogens is 367 g/mol. The highest BCUT2D eigenvalue weighted by Crippen LogP contribution is 2.21. The van der Waals surface area contributed by atoms with Gasteiger partial charge >= 0.3 is 0 Å². The number of anilines is 3. The molecule has 4 rings (SSSR count). The molecule has 6 heteroatoms. The zero-order valence-electron chi connectivity index (χ0n) is 16.3. The second kappa shape index (κ2) is 8.31. The Morgan fingerprint density at radius 2 is 1.69 bits per heavy atom. The van der Waals surface area contributed by atoms with Crippen molar-refractivity contribution in [3.8, 4) is 0 Å². The van der Waals surface area contributed by atoms with Crippen molar-refractivity contribution in [2.45, 2.75) is 6.92 Å². The number of aromatic nitrogens is 1. The third kappa shape index (κ3) is 4.54. The van der Waals surface area contributed by atoms with Crippen LogP contribution in [0.2, 0.25) is 0 Å². The molecule has 5 nitrogen and oxygen atoms in total. The predicted molar refractivity (Wildman–Crippen MR) is 114 cm³/mol. The Labute approximate surface area is 169 Å². The molecule has 2 aromatic carbocycles. The van der Waals surface area contributed by atoms with Gasteiger partial charge in [0, 0.05) is 37.4 Å². The molecule has 1 amide bonds. The fourth-order valence-electron chi connectivity index (χ4n) is 3.47. The van der Waals surface area contributed by atoms with E-state index in [0.29, 0.717) is 11.3 Å². The minimum Gasteiger partial charge on any atom is -0.368 e. The van der Waals surface area contributed by atoms with Crippen molar-refractivity contribution in [2.24, 2.45) is 0 Å². The Kier molecular flexibility index (Phi) is 5.42. The number of hydrogen-bond acceptors (Lipinski definition) is 4. The van der Waals surface area contributed by atoms with Gasteiger partial charge in [0.1, 0.15) is 11.6 Å². The normalized spacial score (nSPS) is 14.0. The smallest absolute Gasteiger partial charge is 0.255 e. The molecule has 0 bridgehead atoms. The van der Waals surface area contributed by atoms with Crippen LogP contribution in [-0.2, 0) is 0 Å². The largest absolute Gasteiger partial charge is 0.368 e. The van der Waals surface area contributed by atoms with E-state index in [4.69, 9.17) is 0 Å². The van der Waals surface area contributed by atoms with Gasteiger partial charge in [0.05, 0.1) is 11.9 Å². The van der Waals surface area contributed by atoms with E-state index < -0.39 is 0 Å². The first-order valence-electron chi connectivity index (χ1n) is 9.68. The Balaban J connectivity index is 1.35. The second-order valence-corrected chi connectivity index (χ2v) is 7.18. The van der Waals surface area contributed by atoms with Crippen molar-refractivity contribution < 1.29 is 9.18 Å². The topological polar surface area (TPSA) is 48.5 Å². The van der Waals surface area contributed by atoms with Crippen LogP contribution >= 0.6 is 0 Å². The Bertz CT molecular complexity index is 981. The van der Waals surface area contributed by atoms with Crippen LogP contribution < -0.4 is 15.1 Å². The molecule has 1 saturated heterocycles. The van der Waals surface area contributed by atoms with E-state index in [-0.39, 0.29) is 11.7 Å². The molecule has 0 radical (unpaired) electrons. The molecular formula is C23H23FN4O. The Morgan fingerprint density at radius 3 is 2.34 bits per heavy atom. The second-order valence-electron chi connectivity index (χ2n) is 7.18. The van der Waals surface area contributed by atoms with E-state index in [1.807, 2.05) is 12.1 Å². The third-order valence-corrected chi connectivity index (χ3v) is 5.08. The molecule has 148 valence electrons. The highest BCUT2D eigenvalue weighted by Gasteiger charge is 2.18. The van der Waals surface area contributed by atoms with E-state index in [1.54, 1.807) is 6.20 Å². The maximum absolute atomic E-state index is 13.0. The van der Waals surface area contributed by atoms with E-state index >= 15 is 0 Å². The molecule has 0 spiro atoms. The molecule has 1 aliphatic rings. The third-order valence-electron chi connectivity index (χ3n) is 5.08. The molecule has 0 aliphatic carbocycles. The molecule has 0 saturated carbocycles. The van der Waals surface area contributed by atoms with E-state index in [2.05, 4.69) is 51.3 Å². The maximum Gasteiger partial charge on any atom is 0.255 e. The van der Waals surface area contributed by atoms with Gasteiger partial charge in [-0.15, -0.1) is 0 Å². The number of carbonyl (C=O) groups is 1. The summed E-state index contributed by atoms with van der Waals surface area (Å²) in [5.41, 5.74) is 3.55. The lowest BCUT2D eigenvalue weighted by atomic mass is 10.2. The average Bonchev–Trinajstić information content (AvgIpc) is 2.75. The standard InChI is InChI=1S/C23H23FN4O/c1-17-3-2-4-21(15-17)27-11-13-28(14-12-27)22-10-9-20(16-25-22)26-23(29)18-5-7-19(24)8-6-18/h2-10,15-16H,11-14H2,1H3,(H,26,29). The van der Waals surface area contributed by atoms with Crippen molar-refractivity contribution in [1.29, 1.82) is 0 Å². The van der Waals surface area contributed by atoms with Gasteiger partial charge in [-0.3, -0.25) is 4.79 Å². The maximum atomic E-state index is 13.0. The molecule has 1 N–H and O–H groups in total. The summed E-state index contributed by atoms with van der Waals surface area (Å²) < 4.78 is 13.0. The summed E-state index contributed by atoms with van der Waals surface area (Å²) in [4.78, 5) is 21.4. The summed E-state index contributed by atoms with van der Waals surface area (Å²) in [6, 6.07) is 17.8. The van der Waals surface area contributed by atoms with E-state index in [0.717, 1.165) is 32.0 Å². The lowest BCUT2D eigenvalue weighted by Crippen LogP contribution is -2.46. The number of aryl methyl sites for hydroxylation is 1. The summed E-state index contributed by atoms with van der Waals surface area (Å²) in [6.45, 7) is 5.77. The first-order chi connectivity index (χ1) is 14.1. The first-order valence-corrected chi connectivity index (χ1v) is 9.68. The van der Waals surface area contributed by atoms with Crippen molar-refractivity contribution in [3.63, 3.8) is 0 Å². The zero-order valence-corrected chi connectivity index (χ0v) is 16.3. The summed E-state index contributed by atoms with van der Waals surface area (Å²) in [5, 5.41) is 2.79. The highest BCUT2D eigenvalue weighted by atomic mass is 19.1. The quantitative estimate of drug-likeness (QED) is 0.728. The van der Waals surface area contributed by atoms with Crippen molar-refractivity contribution in [3.05, 3.63) is 83.8 Å². The Morgan fingerprint density at radius 1 is 0.966 bits per heavy atom. The molecule has 1 aromatic heterocycles. The number of rotatable bonds is 4. The van der Waals surface area contributed by atoms with Gasteiger partial charge in [0.15, 0.2) is 0 Å². The van der Waals surface area contributed by atoms with Crippen LogP contribution in [0.3, 0.4) is 0 Å². The number of pyridine rings is 1. The van der Waals surface area contributed by atoms with Gasteiger partial charge in [-0.25, -0.2) is 9.37 Å². The number of benzene rings is 2. The summed E-state index contributed by atoms with van der Waals surface area (Å²) >= 11 is 0. The number of hydrogen-bond donors (Lipinski definition) is 1. The van der Waals surface area contributed by atoms with Gasteiger partial charge < -0.3 is 15.1 Å². The number of amides is 1. The first kappa shape index (κ1) is 18.9. The fraction of sp³-hybridized carbons (Fsp3) is 0.217. The number of nitrogens with one attached hydrogen (secondary N) is 1. The highest BCUT2D eigenvalue weighted by molar-refractivity contribution is 6.04. The van der Waals surface area contributed by atoms with Crippen LogP contribution in [0.25, 0.3) is 0 Å². The lowest BCUT2D eigenvalue weighted by molar-refractivity contribution is 0.102. The molecule has 3 aromatic rings. The van der Waals surface area contributed by atoms with Gasteiger partial charge in [0.2, 0.25) is 0 Å². The van der Waals surface area contributed by atoms with Gasteiger partial charge in [0.25, 0.3) is 5.91 Å². The average molecular weight is 390 g/mol. The molecule has 1 aliphatic heterocycles. The molecule has 2 heterocycles. The summed E-state index contributed by atoms with van der Waals surface area (Å²) in [7, 11) is 0. The number of piperazine rings is 1.